The molecule has 1 saturated carbocycles. The first-order valence-electron chi connectivity index (χ1n) is 6.02. The monoisotopic (exact) mass is 256 g/mol. The Labute approximate surface area is 106 Å². The summed E-state index contributed by atoms with van der Waals surface area (Å²) in [5.74, 6) is -0.386. The van der Waals surface area contributed by atoms with Crippen molar-refractivity contribution in [2.45, 2.75) is 37.8 Å². The third-order valence-corrected chi connectivity index (χ3v) is 3.63. The van der Waals surface area contributed by atoms with Crippen molar-refractivity contribution in [2.24, 2.45) is 5.73 Å². The molecule has 0 bridgehead atoms. The number of rotatable bonds is 5. The second-order valence-electron chi connectivity index (χ2n) is 4.78. The summed E-state index contributed by atoms with van der Waals surface area (Å²) in [7, 11) is 0. The molecule has 1 aromatic carbocycles. The van der Waals surface area contributed by atoms with Crippen molar-refractivity contribution in [3.63, 3.8) is 0 Å². The molecule has 0 saturated heterocycles. The quantitative estimate of drug-likeness (QED) is 0.850. The highest BCUT2D eigenvalue weighted by Crippen LogP contribution is 2.26. The van der Waals surface area contributed by atoms with E-state index in [0.29, 0.717) is 11.6 Å². The highest BCUT2D eigenvalue weighted by Gasteiger charge is 2.24. The third kappa shape index (κ3) is 3.18. The summed E-state index contributed by atoms with van der Waals surface area (Å²) in [4.78, 5) is 0. The molecule has 2 rings (SSSR count). The topological polar surface area (TPSA) is 38.0 Å². The molecule has 0 amide bonds. The molecule has 1 aliphatic carbocycles. The van der Waals surface area contributed by atoms with Crippen LogP contribution in [0.4, 0.5) is 4.39 Å². The number of hydrogen-bond acceptors (Lipinski definition) is 2. The molecule has 17 heavy (non-hydrogen) atoms. The molecule has 4 heteroatoms. The Kier molecular flexibility index (Phi) is 4.02. The van der Waals surface area contributed by atoms with Crippen LogP contribution < -0.4 is 11.1 Å². The molecule has 0 spiro atoms. The zero-order valence-electron chi connectivity index (χ0n) is 9.92. The van der Waals surface area contributed by atoms with Gasteiger partial charge in [-0.3, -0.25) is 0 Å². The van der Waals surface area contributed by atoms with Gasteiger partial charge in [-0.05, 0) is 24.5 Å². The van der Waals surface area contributed by atoms with Crippen LogP contribution in [0, 0.1) is 5.82 Å². The lowest BCUT2D eigenvalue weighted by Crippen LogP contribution is -2.39. The summed E-state index contributed by atoms with van der Waals surface area (Å²) in [6.45, 7) is 2.66. The Morgan fingerprint density at radius 1 is 1.53 bits per heavy atom. The highest BCUT2D eigenvalue weighted by atomic mass is 35.5. The first kappa shape index (κ1) is 12.8. The molecule has 2 nitrogen and oxygen atoms in total. The van der Waals surface area contributed by atoms with Gasteiger partial charge in [-0.15, -0.1) is 0 Å². The predicted octanol–water partition coefficient (Wildman–Crippen LogP) is 2.66. The molecule has 1 aromatic rings. The molecule has 0 radical (unpaired) electrons. The van der Waals surface area contributed by atoms with Crippen LogP contribution in [0.5, 0.6) is 0 Å². The molecule has 0 heterocycles. The lowest BCUT2D eigenvalue weighted by atomic mass is 9.93. The zero-order valence-corrected chi connectivity index (χ0v) is 10.7. The van der Waals surface area contributed by atoms with E-state index in [1.807, 2.05) is 6.92 Å². The first-order chi connectivity index (χ1) is 8.09. The van der Waals surface area contributed by atoms with E-state index in [1.165, 1.54) is 12.8 Å². The van der Waals surface area contributed by atoms with E-state index in [9.17, 15) is 4.39 Å². The van der Waals surface area contributed by atoms with Crippen LogP contribution in [0.25, 0.3) is 0 Å². The van der Waals surface area contributed by atoms with Crippen LogP contribution >= 0.6 is 11.6 Å². The lowest BCUT2D eigenvalue weighted by Gasteiger charge is -2.21. The van der Waals surface area contributed by atoms with Gasteiger partial charge < -0.3 is 11.1 Å². The van der Waals surface area contributed by atoms with Crippen molar-refractivity contribution >= 4 is 11.6 Å². The number of nitrogens with one attached hydrogen (secondary N) is 1. The zero-order chi connectivity index (χ0) is 12.4. The Balaban J connectivity index is 2.01. The van der Waals surface area contributed by atoms with Gasteiger partial charge in [-0.25, -0.2) is 4.39 Å². The SMILES string of the molecule is CC(c1cccc(Cl)c1F)C(N)CNC1CC1. The van der Waals surface area contributed by atoms with E-state index in [2.05, 4.69) is 5.32 Å². The van der Waals surface area contributed by atoms with Crippen molar-refractivity contribution < 1.29 is 4.39 Å². The van der Waals surface area contributed by atoms with Gasteiger partial charge >= 0.3 is 0 Å². The molecular weight excluding hydrogens is 239 g/mol. The van der Waals surface area contributed by atoms with Crippen LogP contribution in [0.1, 0.15) is 31.2 Å². The van der Waals surface area contributed by atoms with Gasteiger partial charge in [0.05, 0.1) is 5.02 Å². The van der Waals surface area contributed by atoms with Gasteiger partial charge in [-0.2, -0.15) is 0 Å². The molecule has 94 valence electrons. The number of hydrogen-bond donors (Lipinski definition) is 2. The van der Waals surface area contributed by atoms with Gasteiger partial charge in [0.2, 0.25) is 0 Å². The Morgan fingerprint density at radius 3 is 2.88 bits per heavy atom. The van der Waals surface area contributed by atoms with Gasteiger partial charge in [0, 0.05) is 24.5 Å². The smallest absolute Gasteiger partial charge is 0.145 e. The summed E-state index contributed by atoms with van der Waals surface area (Å²) < 4.78 is 13.8. The predicted molar refractivity (Wildman–Crippen MR) is 68.8 cm³/mol. The average Bonchev–Trinajstić information content (AvgIpc) is 3.12. The van der Waals surface area contributed by atoms with Gasteiger partial charge in [-0.1, -0.05) is 30.7 Å². The van der Waals surface area contributed by atoms with E-state index in [1.54, 1.807) is 18.2 Å². The van der Waals surface area contributed by atoms with Crippen LogP contribution in [0.3, 0.4) is 0 Å². The first-order valence-corrected chi connectivity index (χ1v) is 6.40. The molecule has 1 aliphatic rings. The Morgan fingerprint density at radius 2 is 2.24 bits per heavy atom. The second kappa shape index (κ2) is 5.34. The fourth-order valence-corrected chi connectivity index (χ4v) is 2.05. The minimum absolute atomic E-state index is 0.0417. The molecule has 0 aromatic heterocycles. The number of benzene rings is 1. The van der Waals surface area contributed by atoms with Crippen LogP contribution in [-0.2, 0) is 0 Å². The van der Waals surface area contributed by atoms with E-state index in [4.69, 9.17) is 17.3 Å². The number of halogens is 2. The fraction of sp³-hybridized carbons (Fsp3) is 0.538. The minimum atomic E-state index is -0.344. The molecule has 3 N–H and O–H groups in total. The Hall–Kier alpha value is -0.640. The summed E-state index contributed by atoms with van der Waals surface area (Å²) >= 11 is 5.77. The van der Waals surface area contributed by atoms with E-state index >= 15 is 0 Å². The normalized spacial score (nSPS) is 19.1. The molecule has 2 unspecified atom stereocenters. The third-order valence-electron chi connectivity index (χ3n) is 3.33. The van der Waals surface area contributed by atoms with Gasteiger partial charge in [0.25, 0.3) is 0 Å². The van der Waals surface area contributed by atoms with Crippen molar-refractivity contribution in [3.8, 4) is 0 Å². The summed E-state index contributed by atoms with van der Waals surface area (Å²) in [6.07, 6.45) is 2.46. The molecule has 1 fully saturated rings. The molecular formula is C13H18ClFN2. The van der Waals surface area contributed by atoms with Crippen LogP contribution in [0.2, 0.25) is 5.02 Å². The van der Waals surface area contributed by atoms with E-state index in [-0.39, 0.29) is 22.8 Å². The van der Waals surface area contributed by atoms with Crippen LogP contribution in [0.15, 0.2) is 18.2 Å². The van der Waals surface area contributed by atoms with E-state index < -0.39 is 0 Å². The van der Waals surface area contributed by atoms with Gasteiger partial charge in [0.15, 0.2) is 0 Å². The second-order valence-corrected chi connectivity index (χ2v) is 5.19. The standard InChI is InChI=1S/C13H18ClFN2/c1-8(12(16)7-17-9-5-6-9)10-3-2-4-11(14)13(10)15/h2-4,8-9,12,17H,5-7,16H2,1H3. The largest absolute Gasteiger partial charge is 0.326 e. The van der Waals surface area contributed by atoms with E-state index in [0.717, 1.165) is 6.54 Å². The maximum Gasteiger partial charge on any atom is 0.145 e. The molecule has 0 aliphatic heterocycles. The van der Waals surface area contributed by atoms with Crippen molar-refractivity contribution in [3.05, 3.63) is 34.6 Å². The minimum Gasteiger partial charge on any atom is -0.326 e. The highest BCUT2D eigenvalue weighted by molar-refractivity contribution is 6.30. The fourth-order valence-electron chi connectivity index (χ4n) is 1.87. The maximum atomic E-state index is 13.8. The average molecular weight is 257 g/mol. The summed E-state index contributed by atoms with van der Waals surface area (Å²) in [5.41, 5.74) is 6.67. The Bertz CT molecular complexity index is 393. The van der Waals surface area contributed by atoms with Gasteiger partial charge in [0.1, 0.15) is 5.82 Å². The van der Waals surface area contributed by atoms with Crippen molar-refractivity contribution in [1.82, 2.24) is 5.32 Å². The van der Waals surface area contributed by atoms with Crippen molar-refractivity contribution in [1.29, 1.82) is 0 Å². The lowest BCUT2D eigenvalue weighted by molar-refractivity contribution is 0.491. The van der Waals surface area contributed by atoms with Crippen LogP contribution in [-0.4, -0.2) is 18.6 Å². The summed E-state index contributed by atoms with van der Waals surface area (Å²) in [5, 5.41) is 3.52. The van der Waals surface area contributed by atoms with Crippen molar-refractivity contribution in [2.75, 3.05) is 6.54 Å². The maximum absolute atomic E-state index is 13.8. The summed E-state index contributed by atoms with van der Waals surface area (Å²) in [6, 6.07) is 5.60. The number of nitrogens with two attached hydrogens (primary N) is 1. The molecule has 2 atom stereocenters.